The van der Waals surface area contributed by atoms with Crippen LogP contribution < -0.4 is 11.2 Å². The van der Waals surface area contributed by atoms with Crippen LogP contribution >= 0.6 is 0 Å². The van der Waals surface area contributed by atoms with Gasteiger partial charge in [-0.3, -0.25) is 4.79 Å². The van der Waals surface area contributed by atoms with E-state index in [-0.39, 0.29) is 12.3 Å². The maximum atomic E-state index is 12.0. The Balaban J connectivity index is 1.57. The van der Waals surface area contributed by atoms with Gasteiger partial charge in [0.1, 0.15) is 5.52 Å². The number of nitrogens with one attached hydrogen (secondary N) is 1. The Hall–Kier alpha value is -3.22. The Bertz CT molecular complexity index is 881. The topological polar surface area (TPSA) is 98.2 Å². The Morgan fingerprint density at radius 1 is 1.21 bits per heavy atom. The molecule has 0 fully saturated rings. The average molecular weight is 322 g/mol. The van der Waals surface area contributed by atoms with Crippen LogP contribution in [0.1, 0.15) is 18.9 Å². The lowest BCUT2D eigenvalue weighted by atomic mass is 10.1. The molecule has 122 valence electrons. The first-order valence-electron chi connectivity index (χ1n) is 7.61. The minimum atomic E-state index is -0.177. The second-order valence-corrected chi connectivity index (χ2v) is 5.41. The van der Waals surface area contributed by atoms with E-state index in [1.165, 1.54) is 0 Å². The largest absolute Gasteiger partial charge is 0.399 e. The minimum Gasteiger partial charge on any atom is -0.399 e. The lowest BCUT2D eigenvalue weighted by Crippen LogP contribution is -2.21. The molecule has 3 N–H and O–H groups in total. The smallest absolute Gasteiger partial charge is 0.241 e. The zero-order chi connectivity index (χ0) is 16.9. The normalized spacial score (nSPS) is 11.6. The second kappa shape index (κ2) is 6.91. The number of carbonyl (C=O) groups excluding carboxylic acids is 1. The molecular weight excluding hydrogens is 304 g/mol. The van der Waals surface area contributed by atoms with Gasteiger partial charge in [-0.1, -0.05) is 29.5 Å². The maximum Gasteiger partial charge on any atom is 0.241 e. The molecule has 0 saturated heterocycles. The van der Waals surface area contributed by atoms with Gasteiger partial charge in [0, 0.05) is 12.1 Å². The lowest BCUT2D eigenvalue weighted by Gasteiger charge is -2.04. The van der Waals surface area contributed by atoms with E-state index in [0.29, 0.717) is 12.2 Å². The predicted molar refractivity (Wildman–Crippen MR) is 93.4 cm³/mol. The van der Waals surface area contributed by atoms with Gasteiger partial charge in [-0.15, -0.1) is 5.10 Å². The number of nitrogen functional groups attached to an aromatic ring is 1. The minimum absolute atomic E-state index is 0.177. The van der Waals surface area contributed by atoms with Gasteiger partial charge in [0.25, 0.3) is 0 Å². The number of hydrazone groups is 1. The number of benzene rings is 2. The van der Waals surface area contributed by atoms with Crippen LogP contribution in [0.2, 0.25) is 0 Å². The Morgan fingerprint density at radius 2 is 1.96 bits per heavy atom. The molecule has 0 radical (unpaired) electrons. The highest BCUT2D eigenvalue weighted by Gasteiger charge is 2.06. The molecule has 7 heteroatoms. The van der Waals surface area contributed by atoms with E-state index in [1.807, 2.05) is 43.3 Å². The summed E-state index contributed by atoms with van der Waals surface area (Å²) in [5.74, 6) is -0.177. The quantitative estimate of drug-likeness (QED) is 0.426. The second-order valence-electron chi connectivity index (χ2n) is 5.41. The fraction of sp³-hybridized carbons (Fsp3) is 0.176. The third-order valence-corrected chi connectivity index (χ3v) is 3.65. The van der Waals surface area contributed by atoms with Crippen molar-refractivity contribution in [3.05, 3.63) is 54.1 Å². The number of hydrogen-bond donors (Lipinski definition) is 2. The number of anilines is 1. The first kappa shape index (κ1) is 15.7. The van der Waals surface area contributed by atoms with Crippen LogP contribution in [0.5, 0.6) is 0 Å². The Kier molecular flexibility index (Phi) is 4.51. The van der Waals surface area contributed by atoms with Gasteiger partial charge in [-0.25, -0.2) is 10.1 Å². The van der Waals surface area contributed by atoms with Crippen molar-refractivity contribution in [3.8, 4) is 0 Å². The van der Waals surface area contributed by atoms with Gasteiger partial charge in [-0.05, 0) is 36.8 Å². The summed E-state index contributed by atoms with van der Waals surface area (Å²) in [6, 6.07) is 15.0. The number of aryl methyl sites for hydroxylation is 1. The molecule has 7 nitrogen and oxygen atoms in total. The molecule has 1 amide bonds. The molecule has 24 heavy (non-hydrogen) atoms. The van der Waals surface area contributed by atoms with Crippen LogP contribution in [0.25, 0.3) is 11.0 Å². The van der Waals surface area contributed by atoms with Gasteiger partial charge in [0.15, 0.2) is 0 Å². The molecule has 0 spiro atoms. The number of carbonyl (C=O) groups is 1. The predicted octanol–water partition coefficient (Wildman–Crippen LogP) is 1.94. The van der Waals surface area contributed by atoms with Gasteiger partial charge in [0.05, 0.1) is 17.8 Å². The molecule has 0 aliphatic heterocycles. The van der Waals surface area contributed by atoms with Crippen LogP contribution in [-0.2, 0) is 11.3 Å². The summed E-state index contributed by atoms with van der Waals surface area (Å²) in [6.07, 6.45) is 0.270. The number of para-hydroxylation sites is 1. The SMILES string of the molecule is CC(=NNC(=O)CCn1nnc2ccccc21)c1ccc(N)cc1. The third kappa shape index (κ3) is 3.57. The van der Waals surface area contributed by atoms with Gasteiger partial charge in [-0.2, -0.15) is 5.10 Å². The summed E-state index contributed by atoms with van der Waals surface area (Å²) in [5, 5.41) is 12.2. The number of hydrogen-bond acceptors (Lipinski definition) is 5. The zero-order valence-corrected chi connectivity index (χ0v) is 13.3. The Morgan fingerprint density at radius 3 is 2.75 bits per heavy atom. The number of rotatable bonds is 5. The molecule has 0 bridgehead atoms. The molecule has 0 saturated carbocycles. The van der Waals surface area contributed by atoms with E-state index < -0.39 is 0 Å². The van der Waals surface area contributed by atoms with Gasteiger partial charge in [0.2, 0.25) is 5.91 Å². The number of nitrogens with two attached hydrogens (primary N) is 1. The van der Waals surface area contributed by atoms with Crippen molar-refractivity contribution in [1.29, 1.82) is 0 Å². The van der Waals surface area contributed by atoms with Crippen molar-refractivity contribution >= 4 is 28.3 Å². The average Bonchev–Trinajstić information content (AvgIpc) is 3.01. The van der Waals surface area contributed by atoms with Crippen molar-refractivity contribution in [3.63, 3.8) is 0 Å². The summed E-state index contributed by atoms with van der Waals surface area (Å²) >= 11 is 0. The highest BCUT2D eigenvalue weighted by Crippen LogP contribution is 2.10. The Labute approximate surface area is 139 Å². The van der Waals surface area contributed by atoms with E-state index in [0.717, 1.165) is 22.3 Å². The number of nitrogens with zero attached hydrogens (tertiary/aromatic N) is 4. The molecule has 0 aliphatic carbocycles. The van der Waals surface area contributed by atoms with E-state index in [9.17, 15) is 4.79 Å². The van der Waals surface area contributed by atoms with Crippen LogP contribution in [0.3, 0.4) is 0 Å². The van der Waals surface area contributed by atoms with Crippen molar-refractivity contribution < 1.29 is 4.79 Å². The summed E-state index contributed by atoms with van der Waals surface area (Å²) < 4.78 is 1.71. The van der Waals surface area contributed by atoms with Crippen LogP contribution in [0.4, 0.5) is 5.69 Å². The molecule has 3 rings (SSSR count). The highest BCUT2D eigenvalue weighted by atomic mass is 16.2. The van der Waals surface area contributed by atoms with Gasteiger partial charge >= 0.3 is 0 Å². The molecule has 1 heterocycles. The molecule has 0 unspecified atom stereocenters. The van der Waals surface area contributed by atoms with Crippen molar-refractivity contribution in [2.24, 2.45) is 5.10 Å². The van der Waals surface area contributed by atoms with Gasteiger partial charge < -0.3 is 5.73 Å². The van der Waals surface area contributed by atoms with E-state index in [1.54, 1.807) is 16.8 Å². The summed E-state index contributed by atoms with van der Waals surface area (Å²) in [5.41, 5.74) is 12.3. The van der Waals surface area contributed by atoms with Crippen molar-refractivity contribution in [2.45, 2.75) is 19.9 Å². The summed E-state index contributed by atoms with van der Waals surface area (Å²) in [6.45, 7) is 2.28. The molecular formula is C17H18N6O. The summed E-state index contributed by atoms with van der Waals surface area (Å²) in [4.78, 5) is 12.0. The summed E-state index contributed by atoms with van der Waals surface area (Å²) in [7, 11) is 0. The molecule has 1 aromatic heterocycles. The van der Waals surface area contributed by atoms with Crippen LogP contribution in [0, 0.1) is 0 Å². The first-order valence-corrected chi connectivity index (χ1v) is 7.61. The molecule has 0 aliphatic rings. The van der Waals surface area contributed by atoms with E-state index in [4.69, 9.17) is 5.73 Å². The fourth-order valence-corrected chi connectivity index (χ4v) is 2.28. The first-order chi connectivity index (χ1) is 11.6. The van der Waals surface area contributed by atoms with Crippen LogP contribution in [-0.4, -0.2) is 26.6 Å². The number of fused-ring (bicyclic) bond motifs is 1. The maximum absolute atomic E-state index is 12.0. The van der Waals surface area contributed by atoms with E-state index >= 15 is 0 Å². The number of amides is 1. The highest BCUT2D eigenvalue weighted by molar-refractivity contribution is 5.99. The van der Waals surface area contributed by atoms with Crippen molar-refractivity contribution in [1.82, 2.24) is 20.4 Å². The number of aromatic nitrogens is 3. The third-order valence-electron chi connectivity index (χ3n) is 3.65. The van der Waals surface area contributed by atoms with Crippen molar-refractivity contribution in [2.75, 3.05) is 5.73 Å². The fourth-order valence-electron chi connectivity index (χ4n) is 2.28. The molecule has 2 aromatic carbocycles. The molecule has 0 atom stereocenters. The van der Waals surface area contributed by atoms with E-state index in [2.05, 4.69) is 20.8 Å². The standard InChI is InChI=1S/C17H18N6O/c1-12(13-6-8-14(18)9-7-13)19-21-17(24)10-11-23-16-5-3-2-4-15(16)20-22-23/h2-9H,10-11,18H2,1H3,(H,21,24). The zero-order valence-electron chi connectivity index (χ0n) is 13.3. The molecule has 3 aromatic rings. The monoisotopic (exact) mass is 322 g/mol. The van der Waals surface area contributed by atoms with Crippen LogP contribution in [0.15, 0.2) is 53.6 Å². The lowest BCUT2D eigenvalue weighted by molar-refractivity contribution is -0.121.